The molecule has 0 amide bonds. The molecule has 0 atom stereocenters. The molecule has 0 aliphatic rings. The van der Waals surface area contributed by atoms with E-state index >= 15 is 0 Å². The third kappa shape index (κ3) is 4.13. The van der Waals surface area contributed by atoms with Crippen LogP contribution in [0.15, 0.2) is 29.2 Å². The molecule has 0 saturated heterocycles. The van der Waals surface area contributed by atoms with Gasteiger partial charge < -0.3 is 0 Å². The van der Waals surface area contributed by atoms with Crippen LogP contribution in [0.25, 0.3) is 0 Å². The molecule has 1 aromatic rings. The van der Waals surface area contributed by atoms with Crippen molar-refractivity contribution in [3.05, 3.63) is 29.8 Å². The number of aryl methyl sites for hydroxylation is 1. The minimum absolute atomic E-state index is 0.154. The lowest BCUT2D eigenvalue weighted by Crippen LogP contribution is -2.32. The lowest BCUT2D eigenvalue weighted by atomic mass is 10.2. The van der Waals surface area contributed by atoms with Crippen molar-refractivity contribution in [2.75, 3.05) is 13.1 Å². The van der Waals surface area contributed by atoms with Crippen molar-refractivity contribution >= 4 is 10.0 Å². The molecule has 0 aliphatic carbocycles. The average molecular weight is 275 g/mol. The fourth-order valence-corrected chi connectivity index (χ4v) is 2.67. The van der Waals surface area contributed by atoms with Gasteiger partial charge in [0.1, 0.15) is 0 Å². The molecular formula is C15H17NO2S. The lowest BCUT2D eigenvalue weighted by molar-refractivity contribution is 0.482. The Hall–Kier alpha value is -1.75. The molecule has 100 valence electrons. The monoisotopic (exact) mass is 275 g/mol. The number of hydrogen-bond acceptors (Lipinski definition) is 2. The molecule has 1 aromatic carbocycles. The van der Waals surface area contributed by atoms with E-state index in [0.717, 1.165) is 5.56 Å². The molecule has 0 fully saturated rings. The summed E-state index contributed by atoms with van der Waals surface area (Å²) in [5.74, 6) is 11.0. The highest BCUT2D eigenvalue weighted by Gasteiger charge is 2.22. The van der Waals surface area contributed by atoms with Gasteiger partial charge in [-0.1, -0.05) is 29.5 Å². The predicted molar refractivity (Wildman–Crippen MR) is 76.8 cm³/mol. The maximum atomic E-state index is 12.4. The first kappa shape index (κ1) is 15.3. The summed E-state index contributed by atoms with van der Waals surface area (Å²) in [7, 11) is -3.53. The van der Waals surface area contributed by atoms with Gasteiger partial charge in [0.25, 0.3) is 0 Å². The number of hydrogen-bond donors (Lipinski definition) is 0. The molecule has 19 heavy (non-hydrogen) atoms. The van der Waals surface area contributed by atoms with E-state index in [0.29, 0.717) is 0 Å². The first-order valence-corrected chi connectivity index (χ1v) is 7.32. The van der Waals surface area contributed by atoms with Crippen LogP contribution < -0.4 is 0 Å². The van der Waals surface area contributed by atoms with E-state index in [1.165, 1.54) is 4.31 Å². The third-order valence-electron chi connectivity index (χ3n) is 2.52. The second kappa shape index (κ2) is 6.99. The first-order valence-electron chi connectivity index (χ1n) is 5.88. The molecule has 0 radical (unpaired) electrons. The zero-order chi connectivity index (χ0) is 14.3. The first-order chi connectivity index (χ1) is 9.02. The Balaban J connectivity index is 3.11. The van der Waals surface area contributed by atoms with Gasteiger partial charge in [-0.05, 0) is 32.9 Å². The predicted octanol–water partition coefficient (Wildman–Crippen LogP) is 2.03. The Bertz CT molecular complexity index is 615. The molecule has 0 spiro atoms. The van der Waals surface area contributed by atoms with E-state index in [9.17, 15) is 8.42 Å². The smallest absolute Gasteiger partial charge is 0.207 e. The summed E-state index contributed by atoms with van der Waals surface area (Å²) in [6.07, 6.45) is 0. The molecule has 0 aliphatic heterocycles. The highest BCUT2D eigenvalue weighted by molar-refractivity contribution is 7.89. The zero-order valence-electron chi connectivity index (χ0n) is 11.4. The summed E-state index contributed by atoms with van der Waals surface area (Å²) >= 11 is 0. The molecular weight excluding hydrogens is 258 g/mol. The highest BCUT2D eigenvalue weighted by atomic mass is 32.2. The van der Waals surface area contributed by atoms with Crippen LogP contribution in [0.5, 0.6) is 0 Å². The van der Waals surface area contributed by atoms with Crippen molar-refractivity contribution in [3.63, 3.8) is 0 Å². The molecule has 4 heteroatoms. The van der Waals surface area contributed by atoms with E-state index in [-0.39, 0.29) is 18.0 Å². The van der Waals surface area contributed by atoms with Gasteiger partial charge in [0.15, 0.2) is 0 Å². The van der Waals surface area contributed by atoms with Gasteiger partial charge in [-0.2, -0.15) is 4.31 Å². The van der Waals surface area contributed by atoms with Crippen LogP contribution in [0.1, 0.15) is 19.4 Å². The minimum atomic E-state index is -3.53. The number of sulfonamides is 1. The fraction of sp³-hybridized carbons (Fsp3) is 0.333. The van der Waals surface area contributed by atoms with Crippen molar-refractivity contribution in [3.8, 4) is 23.7 Å². The van der Waals surface area contributed by atoms with Crippen LogP contribution in [-0.4, -0.2) is 25.8 Å². The highest BCUT2D eigenvalue weighted by Crippen LogP contribution is 2.15. The third-order valence-corrected chi connectivity index (χ3v) is 4.33. The van der Waals surface area contributed by atoms with Crippen molar-refractivity contribution in [1.29, 1.82) is 0 Å². The Labute approximate surface area is 115 Å². The number of benzene rings is 1. The van der Waals surface area contributed by atoms with Crippen LogP contribution in [0.2, 0.25) is 0 Å². The van der Waals surface area contributed by atoms with Gasteiger partial charge in [0, 0.05) is 0 Å². The Morgan fingerprint density at radius 2 is 1.47 bits per heavy atom. The minimum Gasteiger partial charge on any atom is -0.207 e. The van der Waals surface area contributed by atoms with Gasteiger partial charge in [-0.15, -0.1) is 11.8 Å². The van der Waals surface area contributed by atoms with E-state index < -0.39 is 10.0 Å². The maximum Gasteiger partial charge on any atom is 0.244 e. The van der Waals surface area contributed by atoms with Crippen molar-refractivity contribution < 1.29 is 8.42 Å². The molecule has 0 saturated carbocycles. The second-order valence-electron chi connectivity index (χ2n) is 3.94. The largest absolute Gasteiger partial charge is 0.244 e. The molecule has 3 nitrogen and oxygen atoms in total. The SMILES string of the molecule is CC#CCN(CC#CC)S(=O)(=O)c1ccc(C)cc1. The Morgan fingerprint density at radius 3 is 1.89 bits per heavy atom. The fourth-order valence-electron chi connectivity index (χ4n) is 1.42. The summed E-state index contributed by atoms with van der Waals surface area (Å²) in [6.45, 7) is 5.59. The second-order valence-corrected chi connectivity index (χ2v) is 5.88. The van der Waals surface area contributed by atoms with E-state index in [1.807, 2.05) is 6.92 Å². The van der Waals surface area contributed by atoms with E-state index in [2.05, 4.69) is 23.7 Å². The molecule has 0 bridgehead atoms. The summed E-state index contributed by atoms with van der Waals surface area (Å²) in [6, 6.07) is 6.77. The van der Waals surface area contributed by atoms with Gasteiger partial charge in [0.2, 0.25) is 10.0 Å². The number of nitrogens with zero attached hydrogens (tertiary/aromatic N) is 1. The van der Waals surface area contributed by atoms with Gasteiger partial charge in [-0.25, -0.2) is 8.42 Å². The normalized spacial score (nSPS) is 10.3. The summed E-state index contributed by atoms with van der Waals surface area (Å²) in [5, 5.41) is 0. The number of rotatable bonds is 4. The van der Waals surface area contributed by atoms with Crippen LogP contribution in [-0.2, 0) is 10.0 Å². The van der Waals surface area contributed by atoms with Crippen LogP contribution in [0.4, 0.5) is 0 Å². The van der Waals surface area contributed by atoms with Gasteiger partial charge >= 0.3 is 0 Å². The molecule has 0 unspecified atom stereocenters. The molecule has 0 N–H and O–H groups in total. The van der Waals surface area contributed by atoms with E-state index in [4.69, 9.17) is 0 Å². The average Bonchev–Trinajstić information content (AvgIpc) is 2.39. The van der Waals surface area contributed by atoms with E-state index in [1.54, 1.807) is 38.1 Å². The van der Waals surface area contributed by atoms with Crippen LogP contribution >= 0.6 is 0 Å². The topological polar surface area (TPSA) is 37.4 Å². The summed E-state index contributed by atoms with van der Waals surface area (Å²) in [4.78, 5) is 0.272. The molecule has 1 rings (SSSR count). The van der Waals surface area contributed by atoms with Crippen molar-refractivity contribution in [2.24, 2.45) is 0 Å². The van der Waals surface area contributed by atoms with Crippen molar-refractivity contribution in [2.45, 2.75) is 25.7 Å². The maximum absolute atomic E-state index is 12.4. The van der Waals surface area contributed by atoms with Crippen molar-refractivity contribution in [1.82, 2.24) is 4.31 Å². The Kier molecular flexibility index (Phi) is 5.63. The van der Waals surface area contributed by atoms with Crippen LogP contribution in [0, 0.1) is 30.6 Å². The molecule has 0 heterocycles. The quantitative estimate of drug-likeness (QED) is 0.789. The van der Waals surface area contributed by atoms with Gasteiger partial charge in [-0.3, -0.25) is 0 Å². The lowest BCUT2D eigenvalue weighted by Gasteiger charge is -2.17. The standard InChI is InChI=1S/C15H17NO2S/c1-4-6-12-16(13-7-5-2)19(17,18)15-10-8-14(3)9-11-15/h8-11H,12-13H2,1-3H3. The zero-order valence-corrected chi connectivity index (χ0v) is 12.2. The Morgan fingerprint density at radius 1 is 1.00 bits per heavy atom. The van der Waals surface area contributed by atoms with Crippen LogP contribution in [0.3, 0.4) is 0 Å². The summed E-state index contributed by atoms with van der Waals surface area (Å²) < 4.78 is 26.2. The van der Waals surface area contributed by atoms with Gasteiger partial charge in [0.05, 0.1) is 18.0 Å². The summed E-state index contributed by atoms with van der Waals surface area (Å²) in [5.41, 5.74) is 1.02. The molecule has 0 aromatic heterocycles.